The van der Waals surface area contributed by atoms with Gasteiger partial charge in [-0.2, -0.15) is 0 Å². The van der Waals surface area contributed by atoms with Crippen molar-refractivity contribution in [3.63, 3.8) is 0 Å². The topological polar surface area (TPSA) is 170 Å². The van der Waals surface area contributed by atoms with Gasteiger partial charge in [-0.05, 0) is 12.1 Å². The maximum absolute atomic E-state index is 13.4. The van der Waals surface area contributed by atoms with Gasteiger partial charge in [-0.1, -0.05) is 0 Å². The first-order chi connectivity index (χ1) is 19.8. The molecule has 0 saturated carbocycles. The Morgan fingerprint density at radius 1 is 0.902 bits per heavy atom. The number of ether oxygens (including phenoxy) is 3. The molecule has 9 rings (SSSR count). The molecule has 2 saturated heterocycles. The van der Waals surface area contributed by atoms with E-state index in [4.69, 9.17) is 14.2 Å². The van der Waals surface area contributed by atoms with E-state index < -0.39 is 52.2 Å². The summed E-state index contributed by atoms with van der Waals surface area (Å²) in [6.45, 7) is 0.283. The van der Waals surface area contributed by atoms with E-state index in [9.17, 15) is 29.8 Å². The Hall–Kier alpha value is -4.92. The van der Waals surface area contributed by atoms with Crippen LogP contribution in [0.1, 0.15) is 33.0 Å². The highest BCUT2D eigenvalue weighted by atomic mass is 16.6. The molecule has 41 heavy (non-hydrogen) atoms. The number of nitro benzene ring substituents is 2. The molecular formula is C27H17N5O9. The molecule has 2 aromatic heterocycles. The second kappa shape index (κ2) is 7.23. The summed E-state index contributed by atoms with van der Waals surface area (Å²) >= 11 is 0. The van der Waals surface area contributed by atoms with Gasteiger partial charge in [0.2, 0.25) is 0 Å². The summed E-state index contributed by atoms with van der Waals surface area (Å²) in [6.07, 6.45) is -1.93. The molecule has 6 heterocycles. The van der Waals surface area contributed by atoms with E-state index >= 15 is 0 Å². The number of nitro groups is 2. The Morgan fingerprint density at radius 3 is 2.02 bits per heavy atom. The lowest BCUT2D eigenvalue weighted by Crippen LogP contribution is -2.50. The molecule has 0 aliphatic carbocycles. The minimum absolute atomic E-state index is 0.0792. The smallest absolute Gasteiger partial charge is 0.270 e. The first kappa shape index (κ1) is 22.9. The van der Waals surface area contributed by atoms with Crippen LogP contribution in [-0.2, 0) is 14.2 Å². The van der Waals surface area contributed by atoms with Crippen molar-refractivity contribution in [3.8, 4) is 0 Å². The fourth-order valence-electron chi connectivity index (χ4n) is 7.52. The standard InChI is InChI=1S/C27H17N5O9/c1-39-23-15-8-40-24(23)22-27(41-15)30-14-5-3-10(32(37)38)7-12(14)17-19-18(25(33)28-26(19)34)16-11-6-9(31(35)36)2-4-13(11)29(22)20(16)21(17)30/h2-7,15,22-24,27H,8H2,1H3,(H,28,33,34)/t15-,22+,23-,24-,27-/m1/s1. The van der Waals surface area contributed by atoms with E-state index in [-0.39, 0.29) is 29.1 Å². The van der Waals surface area contributed by atoms with Crippen molar-refractivity contribution < 1.29 is 33.6 Å². The lowest BCUT2D eigenvalue weighted by atomic mass is 9.94. The lowest BCUT2D eigenvalue weighted by molar-refractivity contribution is -0.384. The maximum atomic E-state index is 13.4. The molecule has 5 aromatic rings. The number of methoxy groups -OCH3 is 1. The number of fused-ring (bicyclic) bond motifs is 15. The van der Waals surface area contributed by atoms with Crippen LogP contribution in [0.15, 0.2) is 36.4 Å². The zero-order valence-electron chi connectivity index (χ0n) is 21.0. The van der Waals surface area contributed by atoms with Crippen molar-refractivity contribution >= 4 is 66.8 Å². The largest absolute Gasteiger partial charge is 0.376 e. The zero-order chi connectivity index (χ0) is 28.1. The Labute approximate surface area is 227 Å². The van der Waals surface area contributed by atoms with Crippen molar-refractivity contribution in [2.24, 2.45) is 0 Å². The molecule has 14 nitrogen and oxygen atoms in total. The van der Waals surface area contributed by atoms with Gasteiger partial charge >= 0.3 is 0 Å². The molecule has 204 valence electrons. The number of nitrogens with zero attached hydrogens (tertiary/aromatic N) is 4. The third-order valence-corrected chi connectivity index (χ3v) is 8.96. The van der Waals surface area contributed by atoms with Crippen LogP contribution >= 0.6 is 0 Å². The zero-order valence-corrected chi connectivity index (χ0v) is 21.0. The van der Waals surface area contributed by atoms with Gasteiger partial charge in [0.15, 0.2) is 6.23 Å². The quantitative estimate of drug-likeness (QED) is 0.199. The summed E-state index contributed by atoms with van der Waals surface area (Å²) in [5.74, 6) is -1.28. The van der Waals surface area contributed by atoms with Crippen molar-refractivity contribution in [2.45, 2.75) is 30.6 Å². The predicted octanol–water partition coefficient (Wildman–Crippen LogP) is 3.47. The second-order valence-corrected chi connectivity index (χ2v) is 10.7. The number of rotatable bonds is 3. The van der Waals surface area contributed by atoms with Crippen LogP contribution in [-0.4, -0.2) is 62.8 Å². The monoisotopic (exact) mass is 555 g/mol. The van der Waals surface area contributed by atoms with Crippen molar-refractivity contribution in [3.05, 3.63) is 67.8 Å². The molecule has 1 N–H and O–H groups in total. The average Bonchev–Trinajstić information content (AvgIpc) is 3.65. The molecule has 2 bridgehead atoms. The summed E-state index contributed by atoms with van der Waals surface area (Å²) in [6, 6.07) is 8.32. The van der Waals surface area contributed by atoms with Crippen molar-refractivity contribution in [2.75, 3.05) is 13.7 Å². The maximum Gasteiger partial charge on any atom is 0.270 e. The van der Waals surface area contributed by atoms with Crippen LogP contribution in [0.4, 0.5) is 11.4 Å². The third-order valence-electron chi connectivity index (χ3n) is 8.96. The third kappa shape index (κ3) is 2.49. The van der Waals surface area contributed by atoms with Gasteiger partial charge in [0.1, 0.15) is 24.4 Å². The molecule has 5 atom stereocenters. The SMILES string of the molecule is CO[C@H]1[C@@H]2OC[C@H]1O[C@@H]1[C@H]2n2c3ccc([N+](=O)[O-])cc3c3c4c(c5c6cc([N+](=O)[O-])ccc6n1c5c32)C(=O)NC4=O. The highest BCUT2D eigenvalue weighted by molar-refractivity contribution is 6.39. The molecule has 0 unspecified atom stereocenters. The Kier molecular flexibility index (Phi) is 4.03. The fraction of sp³-hybridized carbons (Fsp3) is 0.259. The van der Waals surface area contributed by atoms with E-state index in [1.807, 2.05) is 9.13 Å². The minimum atomic E-state index is -0.667. The predicted molar refractivity (Wildman–Crippen MR) is 141 cm³/mol. The Bertz CT molecular complexity index is 2150. The second-order valence-electron chi connectivity index (χ2n) is 10.7. The highest BCUT2D eigenvalue weighted by Crippen LogP contribution is 2.56. The van der Waals surface area contributed by atoms with Gasteiger partial charge in [-0.3, -0.25) is 35.1 Å². The van der Waals surface area contributed by atoms with E-state index in [0.717, 1.165) is 0 Å². The molecule has 2 amide bonds. The first-order valence-electron chi connectivity index (χ1n) is 12.9. The number of amides is 2. The van der Waals surface area contributed by atoms with Gasteiger partial charge in [0, 0.05) is 52.9 Å². The van der Waals surface area contributed by atoms with Gasteiger partial charge in [0.05, 0.1) is 49.6 Å². The number of carbonyl (C=O) groups excluding carboxylic acids is 2. The number of non-ortho nitro benzene ring substituents is 2. The molecular weight excluding hydrogens is 538 g/mol. The van der Waals surface area contributed by atoms with Crippen LogP contribution in [0.25, 0.3) is 43.6 Å². The molecule has 4 aliphatic heterocycles. The van der Waals surface area contributed by atoms with E-state index in [1.54, 1.807) is 19.2 Å². The van der Waals surface area contributed by atoms with E-state index in [1.165, 1.54) is 24.3 Å². The number of carbonyl (C=O) groups is 2. The fourth-order valence-corrected chi connectivity index (χ4v) is 7.52. The highest BCUT2D eigenvalue weighted by Gasteiger charge is 2.56. The summed E-state index contributed by atoms with van der Waals surface area (Å²) < 4.78 is 22.6. The minimum Gasteiger partial charge on any atom is -0.376 e. The summed E-state index contributed by atoms with van der Waals surface area (Å²) in [7, 11) is 1.58. The van der Waals surface area contributed by atoms with Crippen LogP contribution < -0.4 is 5.32 Å². The van der Waals surface area contributed by atoms with Crippen molar-refractivity contribution in [1.82, 2.24) is 14.5 Å². The first-order valence-corrected chi connectivity index (χ1v) is 12.9. The lowest BCUT2D eigenvalue weighted by Gasteiger charge is -2.44. The van der Waals surface area contributed by atoms with Gasteiger partial charge in [-0.15, -0.1) is 0 Å². The molecule has 2 fully saturated rings. The summed E-state index contributed by atoms with van der Waals surface area (Å²) in [4.78, 5) is 49.3. The molecule has 3 aromatic carbocycles. The number of imide groups is 1. The van der Waals surface area contributed by atoms with Gasteiger partial charge in [-0.25, -0.2) is 0 Å². The van der Waals surface area contributed by atoms with E-state index in [0.29, 0.717) is 43.6 Å². The van der Waals surface area contributed by atoms with Gasteiger partial charge < -0.3 is 23.3 Å². The Morgan fingerprint density at radius 2 is 1.46 bits per heavy atom. The Balaban J connectivity index is 1.57. The van der Waals surface area contributed by atoms with Crippen LogP contribution in [0.2, 0.25) is 0 Å². The molecule has 0 radical (unpaired) electrons. The van der Waals surface area contributed by atoms with Gasteiger partial charge in [0.25, 0.3) is 23.2 Å². The number of aromatic nitrogens is 2. The molecule has 4 aliphatic rings. The number of hydrogen-bond donors (Lipinski definition) is 1. The summed E-state index contributed by atoms with van der Waals surface area (Å²) in [5.41, 5.74) is 2.11. The van der Waals surface area contributed by atoms with E-state index in [2.05, 4.69) is 5.32 Å². The normalized spacial score (nSPS) is 25.9. The number of nitrogens with one attached hydrogen (secondary N) is 1. The number of hydrogen-bond acceptors (Lipinski definition) is 9. The van der Waals surface area contributed by atoms with Crippen molar-refractivity contribution in [1.29, 1.82) is 0 Å². The summed E-state index contributed by atoms with van der Waals surface area (Å²) in [5, 5.41) is 27.6. The van der Waals surface area contributed by atoms with Crippen LogP contribution in [0.5, 0.6) is 0 Å². The average molecular weight is 555 g/mol. The van der Waals surface area contributed by atoms with Crippen LogP contribution in [0, 0.1) is 20.2 Å². The van der Waals surface area contributed by atoms with Crippen LogP contribution in [0.3, 0.4) is 0 Å². The number of benzene rings is 3. The molecule has 14 heteroatoms. The molecule has 0 spiro atoms.